The van der Waals surface area contributed by atoms with E-state index in [4.69, 9.17) is 0 Å². The summed E-state index contributed by atoms with van der Waals surface area (Å²) in [7, 11) is 1.62. The van der Waals surface area contributed by atoms with E-state index in [2.05, 4.69) is 15.6 Å². The molecule has 0 saturated heterocycles. The lowest BCUT2D eigenvalue weighted by Crippen LogP contribution is -2.35. The maximum Gasteiger partial charge on any atom is 0.241 e. The maximum absolute atomic E-state index is 11.1. The molecule has 2 N–H and O–H groups in total. The summed E-state index contributed by atoms with van der Waals surface area (Å²) in [6.45, 7) is 1.80. The molecule has 13 heavy (non-hydrogen) atoms. The van der Waals surface area contributed by atoms with Crippen molar-refractivity contribution in [1.82, 2.24) is 10.3 Å². The van der Waals surface area contributed by atoms with Gasteiger partial charge >= 0.3 is 0 Å². The Bertz CT molecular complexity index is 273. The SMILES string of the molecule is CNC(=O)C(C)Nc1ccncc1. The summed E-state index contributed by atoms with van der Waals surface area (Å²) in [6.07, 6.45) is 3.36. The lowest BCUT2D eigenvalue weighted by molar-refractivity contribution is -0.121. The number of rotatable bonds is 3. The Hall–Kier alpha value is -1.58. The Morgan fingerprint density at radius 3 is 2.62 bits per heavy atom. The van der Waals surface area contributed by atoms with E-state index in [1.807, 2.05) is 12.1 Å². The summed E-state index contributed by atoms with van der Waals surface area (Å²) >= 11 is 0. The first-order chi connectivity index (χ1) is 6.24. The average Bonchev–Trinajstić information content (AvgIpc) is 2.18. The predicted molar refractivity (Wildman–Crippen MR) is 51.4 cm³/mol. The van der Waals surface area contributed by atoms with Crippen LogP contribution in [0.2, 0.25) is 0 Å². The first kappa shape index (κ1) is 9.51. The number of amides is 1. The molecule has 1 unspecified atom stereocenters. The summed E-state index contributed by atoms with van der Waals surface area (Å²) < 4.78 is 0. The second-order valence-corrected chi connectivity index (χ2v) is 2.72. The molecule has 1 heterocycles. The summed E-state index contributed by atoms with van der Waals surface area (Å²) in [5.41, 5.74) is 0.895. The molecule has 0 bridgehead atoms. The van der Waals surface area contributed by atoms with E-state index >= 15 is 0 Å². The Kier molecular flexibility index (Phi) is 3.25. The molecule has 70 valence electrons. The van der Waals surface area contributed by atoms with Gasteiger partial charge in [0.1, 0.15) is 6.04 Å². The van der Waals surface area contributed by atoms with Crippen molar-refractivity contribution in [2.24, 2.45) is 0 Å². The van der Waals surface area contributed by atoms with Crippen LogP contribution < -0.4 is 10.6 Å². The monoisotopic (exact) mass is 179 g/mol. The molecular formula is C9H13N3O. The standard InChI is InChI=1S/C9H13N3O/c1-7(9(13)10-2)12-8-3-5-11-6-4-8/h3-7H,1-2H3,(H,10,13)(H,11,12). The number of pyridine rings is 1. The van der Waals surface area contributed by atoms with Gasteiger partial charge in [-0.2, -0.15) is 0 Å². The van der Waals surface area contributed by atoms with Gasteiger partial charge in [0.2, 0.25) is 5.91 Å². The Morgan fingerprint density at radius 1 is 1.46 bits per heavy atom. The summed E-state index contributed by atoms with van der Waals surface area (Å²) in [5.74, 6) is -0.0307. The highest BCUT2D eigenvalue weighted by molar-refractivity contribution is 5.83. The van der Waals surface area contributed by atoms with Gasteiger partial charge in [-0.1, -0.05) is 0 Å². The first-order valence-electron chi connectivity index (χ1n) is 4.12. The molecule has 0 aliphatic heterocycles. The smallest absolute Gasteiger partial charge is 0.241 e. The zero-order chi connectivity index (χ0) is 9.68. The van der Waals surface area contributed by atoms with Crippen molar-refractivity contribution in [3.05, 3.63) is 24.5 Å². The minimum absolute atomic E-state index is 0.0307. The third-order valence-corrected chi connectivity index (χ3v) is 1.70. The third-order valence-electron chi connectivity index (χ3n) is 1.70. The van der Waals surface area contributed by atoms with Crippen molar-refractivity contribution in [2.75, 3.05) is 12.4 Å². The van der Waals surface area contributed by atoms with Gasteiger partial charge < -0.3 is 10.6 Å². The van der Waals surface area contributed by atoms with Crippen LogP contribution >= 0.6 is 0 Å². The van der Waals surface area contributed by atoms with Crippen LogP contribution in [0, 0.1) is 0 Å². The third kappa shape index (κ3) is 2.74. The van der Waals surface area contributed by atoms with Crippen LogP contribution in [0.25, 0.3) is 0 Å². The van der Waals surface area contributed by atoms with E-state index in [1.165, 1.54) is 0 Å². The largest absolute Gasteiger partial charge is 0.374 e. The molecule has 0 saturated carbocycles. The molecule has 1 amide bonds. The lowest BCUT2D eigenvalue weighted by atomic mass is 10.3. The van der Waals surface area contributed by atoms with Crippen molar-refractivity contribution in [3.8, 4) is 0 Å². The molecule has 1 atom stereocenters. The maximum atomic E-state index is 11.1. The van der Waals surface area contributed by atoms with E-state index in [1.54, 1.807) is 26.4 Å². The van der Waals surface area contributed by atoms with Gasteiger partial charge in [0.05, 0.1) is 0 Å². The number of carbonyl (C=O) groups excluding carboxylic acids is 1. The van der Waals surface area contributed by atoms with E-state index in [0.717, 1.165) is 5.69 Å². The Balaban J connectivity index is 2.55. The van der Waals surface area contributed by atoms with Gasteiger partial charge in [-0.25, -0.2) is 0 Å². The minimum Gasteiger partial charge on any atom is -0.374 e. The van der Waals surface area contributed by atoms with Crippen LogP contribution in [0.15, 0.2) is 24.5 Å². The van der Waals surface area contributed by atoms with Gasteiger partial charge in [0.15, 0.2) is 0 Å². The van der Waals surface area contributed by atoms with Crippen LogP contribution in [-0.2, 0) is 4.79 Å². The molecule has 0 aliphatic carbocycles. The number of nitrogens with zero attached hydrogens (tertiary/aromatic N) is 1. The normalized spacial score (nSPS) is 11.8. The summed E-state index contributed by atoms with van der Waals surface area (Å²) in [4.78, 5) is 15.0. The number of carbonyl (C=O) groups is 1. The number of likely N-dealkylation sites (N-methyl/N-ethyl adjacent to an activating group) is 1. The summed E-state index contributed by atoms with van der Waals surface area (Å²) in [5, 5.41) is 5.61. The topological polar surface area (TPSA) is 54.0 Å². The minimum atomic E-state index is -0.229. The van der Waals surface area contributed by atoms with Gasteiger partial charge in [0, 0.05) is 25.1 Å². The van der Waals surface area contributed by atoms with Crippen LogP contribution in [0.1, 0.15) is 6.92 Å². The highest BCUT2D eigenvalue weighted by Crippen LogP contribution is 2.04. The molecule has 1 aromatic rings. The van der Waals surface area contributed by atoms with Crippen molar-refractivity contribution >= 4 is 11.6 Å². The van der Waals surface area contributed by atoms with Gasteiger partial charge in [-0.15, -0.1) is 0 Å². The zero-order valence-corrected chi connectivity index (χ0v) is 7.74. The van der Waals surface area contributed by atoms with Crippen molar-refractivity contribution in [3.63, 3.8) is 0 Å². The van der Waals surface area contributed by atoms with Crippen molar-refractivity contribution in [2.45, 2.75) is 13.0 Å². The number of hydrogen-bond donors (Lipinski definition) is 2. The van der Waals surface area contributed by atoms with Crippen LogP contribution in [0.5, 0.6) is 0 Å². The first-order valence-corrected chi connectivity index (χ1v) is 4.12. The van der Waals surface area contributed by atoms with Gasteiger partial charge in [-0.3, -0.25) is 9.78 Å². The fourth-order valence-corrected chi connectivity index (χ4v) is 0.980. The highest BCUT2D eigenvalue weighted by Gasteiger charge is 2.09. The fraction of sp³-hybridized carbons (Fsp3) is 0.333. The second kappa shape index (κ2) is 4.45. The van der Waals surface area contributed by atoms with E-state index < -0.39 is 0 Å². The Labute approximate surface area is 77.4 Å². The number of aromatic nitrogens is 1. The molecule has 0 fully saturated rings. The van der Waals surface area contributed by atoms with Crippen molar-refractivity contribution in [1.29, 1.82) is 0 Å². The molecule has 0 spiro atoms. The molecule has 4 nitrogen and oxygen atoms in total. The molecular weight excluding hydrogens is 166 g/mol. The zero-order valence-electron chi connectivity index (χ0n) is 7.74. The van der Waals surface area contributed by atoms with Crippen LogP contribution in [0.4, 0.5) is 5.69 Å². The van der Waals surface area contributed by atoms with E-state index in [9.17, 15) is 4.79 Å². The summed E-state index contributed by atoms with van der Waals surface area (Å²) in [6, 6.07) is 3.41. The lowest BCUT2D eigenvalue weighted by Gasteiger charge is -2.12. The molecule has 0 aliphatic rings. The van der Waals surface area contributed by atoms with Crippen molar-refractivity contribution < 1.29 is 4.79 Å². The van der Waals surface area contributed by atoms with E-state index in [-0.39, 0.29) is 11.9 Å². The molecule has 4 heteroatoms. The fourth-order valence-electron chi connectivity index (χ4n) is 0.980. The van der Waals surface area contributed by atoms with E-state index in [0.29, 0.717) is 0 Å². The van der Waals surface area contributed by atoms with Gasteiger partial charge in [0.25, 0.3) is 0 Å². The second-order valence-electron chi connectivity index (χ2n) is 2.72. The quantitative estimate of drug-likeness (QED) is 0.715. The molecule has 1 aromatic heterocycles. The predicted octanol–water partition coefficient (Wildman–Crippen LogP) is 0.628. The Morgan fingerprint density at radius 2 is 2.08 bits per heavy atom. The molecule has 1 rings (SSSR count). The number of anilines is 1. The number of hydrogen-bond acceptors (Lipinski definition) is 3. The van der Waals surface area contributed by atoms with Crippen LogP contribution in [0.3, 0.4) is 0 Å². The average molecular weight is 179 g/mol. The molecule has 0 radical (unpaired) electrons. The highest BCUT2D eigenvalue weighted by atomic mass is 16.2. The molecule has 0 aromatic carbocycles. The number of nitrogens with one attached hydrogen (secondary N) is 2. The van der Waals surface area contributed by atoms with Crippen LogP contribution in [-0.4, -0.2) is 24.0 Å². The van der Waals surface area contributed by atoms with Gasteiger partial charge in [-0.05, 0) is 19.1 Å².